The first-order valence-corrected chi connectivity index (χ1v) is 14.4. The molecule has 9 heteroatoms. The molecular formula is C11H27NO4Si4. The van der Waals surface area contributed by atoms with Gasteiger partial charge in [0.25, 0.3) is 0 Å². The van der Waals surface area contributed by atoms with Crippen LogP contribution < -0.4 is 5.73 Å². The molecule has 20 heavy (non-hydrogen) atoms. The van der Waals surface area contributed by atoms with Crippen LogP contribution in [0.1, 0.15) is 26.2 Å². The average molecular weight is 350 g/mol. The molecule has 0 saturated carbocycles. The highest BCUT2D eigenvalue weighted by atomic mass is 28.5. The van der Waals surface area contributed by atoms with Crippen molar-refractivity contribution in [3.63, 3.8) is 0 Å². The molecule has 5 nitrogen and oxygen atoms in total. The van der Waals surface area contributed by atoms with Gasteiger partial charge in [-0.15, -0.1) is 0 Å². The second-order valence-corrected chi connectivity index (χ2v) is 15.6. The summed E-state index contributed by atoms with van der Waals surface area (Å²) in [4.78, 5) is 0. The third kappa shape index (κ3) is 7.09. The van der Waals surface area contributed by atoms with Gasteiger partial charge in [0.1, 0.15) is 0 Å². The standard InChI is InChI=1S/C11H27NO4Si4/c1-4-19(2)10-6-5-9-13-17-15-20(3,11-7-8-12)16-18-14-19/h4-12H2,1-3H3. The lowest BCUT2D eigenvalue weighted by Crippen LogP contribution is -2.45. The van der Waals surface area contributed by atoms with Gasteiger partial charge in [-0.3, -0.25) is 0 Å². The molecule has 4 radical (unpaired) electrons. The highest BCUT2D eigenvalue weighted by Crippen LogP contribution is 2.22. The second kappa shape index (κ2) is 9.64. The van der Waals surface area contributed by atoms with Crippen molar-refractivity contribution in [1.29, 1.82) is 0 Å². The van der Waals surface area contributed by atoms with E-state index in [1.165, 1.54) is 12.5 Å². The lowest BCUT2D eigenvalue weighted by molar-refractivity contribution is 0.257. The Bertz CT molecular complexity index is 277. The van der Waals surface area contributed by atoms with Crippen molar-refractivity contribution in [3.8, 4) is 0 Å². The number of hydrogen-bond acceptors (Lipinski definition) is 5. The molecule has 1 saturated heterocycles. The van der Waals surface area contributed by atoms with E-state index in [-0.39, 0.29) is 20.0 Å². The predicted octanol–water partition coefficient (Wildman–Crippen LogP) is 1.93. The van der Waals surface area contributed by atoms with Gasteiger partial charge in [-0.25, -0.2) is 0 Å². The maximum Gasteiger partial charge on any atom is 0.423 e. The van der Waals surface area contributed by atoms with Crippen LogP contribution in [0.15, 0.2) is 0 Å². The largest absolute Gasteiger partial charge is 0.435 e. The van der Waals surface area contributed by atoms with Crippen molar-refractivity contribution < 1.29 is 16.8 Å². The lowest BCUT2D eigenvalue weighted by Gasteiger charge is -2.31. The van der Waals surface area contributed by atoms with Gasteiger partial charge >= 0.3 is 28.6 Å². The summed E-state index contributed by atoms with van der Waals surface area (Å²) in [5.74, 6) is 0. The maximum atomic E-state index is 6.16. The van der Waals surface area contributed by atoms with Crippen molar-refractivity contribution in [3.05, 3.63) is 0 Å². The normalized spacial score (nSPS) is 34.2. The first kappa shape index (κ1) is 18.7. The highest BCUT2D eigenvalue weighted by molar-refractivity contribution is 6.78. The van der Waals surface area contributed by atoms with E-state index in [9.17, 15) is 0 Å². The summed E-state index contributed by atoms with van der Waals surface area (Å²) in [6.07, 6.45) is 3.20. The van der Waals surface area contributed by atoms with Gasteiger partial charge in [-0.1, -0.05) is 13.3 Å². The second-order valence-electron chi connectivity index (χ2n) is 5.61. The first-order chi connectivity index (χ1) is 9.54. The molecule has 0 aromatic heterocycles. The van der Waals surface area contributed by atoms with E-state index in [2.05, 4.69) is 20.0 Å². The Balaban J connectivity index is 2.57. The SMILES string of the molecule is CC[Si]1(C)CCCCO[Si]O[Si](C)(CCCN)O[Si]O1. The molecule has 0 bridgehead atoms. The summed E-state index contributed by atoms with van der Waals surface area (Å²) >= 11 is 0. The van der Waals surface area contributed by atoms with Gasteiger partial charge < -0.3 is 22.5 Å². The van der Waals surface area contributed by atoms with E-state index in [4.69, 9.17) is 22.5 Å². The van der Waals surface area contributed by atoms with Gasteiger partial charge in [-0.05, 0) is 50.6 Å². The zero-order chi connectivity index (χ0) is 14.9. The van der Waals surface area contributed by atoms with Gasteiger partial charge in [0, 0.05) is 6.61 Å². The van der Waals surface area contributed by atoms with Gasteiger partial charge in [0.2, 0.25) is 0 Å². The molecule has 1 rings (SSSR count). The quantitative estimate of drug-likeness (QED) is 0.786. The summed E-state index contributed by atoms with van der Waals surface area (Å²) in [5.41, 5.74) is 5.60. The smallest absolute Gasteiger partial charge is 0.423 e. The van der Waals surface area contributed by atoms with Crippen LogP contribution in [0.25, 0.3) is 0 Å². The molecule has 2 N–H and O–H groups in total. The van der Waals surface area contributed by atoms with Crippen LogP contribution in [-0.4, -0.2) is 50.0 Å². The highest BCUT2D eigenvalue weighted by Gasteiger charge is 2.34. The molecule has 0 aliphatic carbocycles. The van der Waals surface area contributed by atoms with E-state index in [1.54, 1.807) is 0 Å². The molecule has 2 atom stereocenters. The monoisotopic (exact) mass is 349 g/mol. The average Bonchev–Trinajstić information content (AvgIpc) is 2.43. The molecule has 2 unspecified atom stereocenters. The minimum absolute atomic E-state index is 0.0825. The fourth-order valence-electron chi connectivity index (χ4n) is 1.89. The number of rotatable bonds is 4. The molecule has 1 aliphatic rings. The molecule has 1 fully saturated rings. The zero-order valence-electron chi connectivity index (χ0n) is 12.9. The number of hydrogen-bond donors (Lipinski definition) is 1. The summed E-state index contributed by atoms with van der Waals surface area (Å²) < 4.78 is 23.7. The fraction of sp³-hybridized carbons (Fsp3) is 1.00. The summed E-state index contributed by atoms with van der Waals surface area (Å²) in [6.45, 7) is 8.06. The van der Waals surface area contributed by atoms with Gasteiger partial charge in [0.05, 0.1) is 0 Å². The summed E-state index contributed by atoms with van der Waals surface area (Å²) in [7, 11) is -3.61. The Morgan fingerprint density at radius 1 is 1.10 bits per heavy atom. The Labute approximate surface area is 130 Å². The van der Waals surface area contributed by atoms with Gasteiger partial charge in [0.15, 0.2) is 8.32 Å². The minimum Gasteiger partial charge on any atom is -0.435 e. The third-order valence-electron chi connectivity index (χ3n) is 3.65. The van der Waals surface area contributed by atoms with E-state index in [1.807, 2.05) is 0 Å². The molecule has 1 aliphatic heterocycles. The topological polar surface area (TPSA) is 62.9 Å². The molecular weight excluding hydrogens is 322 g/mol. The predicted molar refractivity (Wildman–Crippen MR) is 87.0 cm³/mol. The Morgan fingerprint density at radius 2 is 1.85 bits per heavy atom. The minimum atomic E-state index is -2.19. The Kier molecular flexibility index (Phi) is 9.02. The van der Waals surface area contributed by atoms with Crippen LogP contribution >= 0.6 is 0 Å². The van der Waals surface area contributed by atoms with Crippen LogP contribution in [0.2, 0.25) is 31.2 Å². The molecule has 0 spiro atoms. The van der Waals surface area contributed by atoms with Crippen molar-refractivity contribution in [2.45, 2.75) is 57.4 Å². The van der Waals surface area contributed by atoms with Crippen molar-refractivity contribution in [2.75, 3.05) is 13.2 Å². The van der Waals surface area contributed by atoms with Crippen LogP contribution in [0, 0.1) is 0 Å². The van der Waals surface area contributed by atoms with Crippen LogP contribution in [0.4, 0.5) is 0 Å². The molecule has 0 aromatic carbocycles. The van der Waals surface area contributed by atoms with Crippen LogP contribution in [-0.2, 0) is 16.8 Å². The molecule has 116 valence electrons. The lowest BCUT2D eigenvalue weighted by atomic mass is 10.4. The third-order valence-corrected chi connectivity index (χ3v) is 14.6. The van der Waals surface area contributed by atoms with Crippen molar-refractivity contribution in [1.82, 2.24) is 0 Å². The van der Waals surface area contributed by atoms with E-state index in [0.717, 1.165) is 31.5 Å². The Morgan fingerprint density at radius 3 is 2.55 bits per heavy atom. The summed E-state index contributed by atoms with van der Waals surface area (Å²) in [6, 6.07) is 3.22. The van der Waals surface area contributed by atoms with E-state index >= 15 is 0 Å². The van der Waals surface area contributed by atoms with Crippen molar-refractivity contribution >= 4 is 36.9 Å². The Hall–Kier alpha value is 0.668. The molecule has 1 heterocycles. The van der Waals surface area contributed by atoms with Crippen molar-refractivity contribution in [2.24, 2.45) is 5.73 Å². The van der Waals surface area contributed by atoms with E-state index in [0.29, 0.717) is 6.54 Å². The van der Waals surface area contributed by atoms with Gasteiger partial charge in [-0.2, -0.15) is 0 Å². The molecule has 0 amide bonds. The fourth-order valence-corrected chi connectivity index (χ4v) is 9.65. The zero-order valence-corrected chi connectivity index (χ0v) is 16.9. The molecule has 0 aromatic rings. The first-order valence-electron chi connectivity index (χ1n) is 7.39. The van der Waals surface area contributed by atoms with Crippen LogP contribution in [0.5, 0.6) is 0 Å². The van der Waals surface area contributed by atoms with Crippen LogP contribution in [0.3, 0.4) is 0 Å². The van der Waals surface area contributed by atoms with E-state index < -0.39 is 16.9 Å². The summed E-state index contributed by atoms with van der Waals surface area (Å²) in [5, 5.41) is 0. The maximum absolute atomic E-state index is 6.16. The number of nitrogens with two attached hydrogens (primary N) is 1.